The van der Waals surface area contributed by atoms with Crippen LogP contribution in [0.15, 0.2) is 68.2 Å². The summed E-state index contributed by atoms with van der Waals surface area (Å²) in [6.07, 6.45) is -0.686. The number of carbonyl (C=O) groups excluding carboxylic acids is 1. The third kappa shape index (κ3) is 15.5. The van der Waals surface area contributed by atoms with Crippen molar-refractivity contribution in [1.82, 2.24) is 20.2 Å². The van der Waals surface area contributed by atoms with Crippen molar-refractivity contribution in [3.63, 3.8) is 0 Å². The van der Waals surface area contributed by atoms with E-state index in [1.54, 1.807) is 69.3 Å². The van der Waals surface area contributed by atoms with Gasteiger partial charge in [-0.15, -0.1) is 0 Å². The number of sulfonamides is 2. The number of amides is 1. The van der Waals surface area contributed by atoms with E-state index in [9.17, 15) is 21.6 Å². The van der Waals surface area contributed by atoms with Crippen LogP contribution >= 0.6 is 74.8 Å². The van der Waals surface area contributed by atoms with Crippen LogP contribution in [0.25, 0.3) is 32.9 Å². The van der Waals surface area contributed by atoms with Gasteiger partial charge in [-0.05, 0) is 57.2 Å². The number of nitrogens with one attached hydrogen (secondary N) is 1. The summed E-state index contributed by atoms with van der Waals surface area (Å²) in [4.78, 5) is 11.5. The quantitative estimate of drug-likeness (QED) is 0.123. The van der Waals surface area contributed by atoms with E-state index >= 15 is 0 Å². The molecule has 3 heterocycles. The number of aryl methyl sites for hydroxylation is 2. The predicted octanol–water partition coefficient (Wildman–Crippen LogP) is 7.90. The molecule has 3 aromatic heterocycles. The SMILES string of the molecule is CC(C)(C)OC(=O)NS(=O)(=O)CCc1noc2cc(Cl)ccc12.NCc1noc2cc(Cl)ccc12.NS(=O)(=O)CCc1noc2cc(Cl)ccc12.[I][V][I]. The Kier molecular flexibility index (Phi) is 18.1. The average Bonchev–Trinajstić information content (AvgIpc) is 3.78. The zero-order valence-electron chi connectivity index (χ0n) is 28.6. The Bertz CT molecular complexity index is 2410. The van der Waals surface area contributed by atoms with Crippen molar-refractivity contribution >= 4 is 134 Å². The second-order valence-electron chi connectivity index (χ2n) is 11.9. The standard InChI is InChI=1S/C14H17ClN2O5S.C9H9ClN2O3S.C8H7ClN2O.2HI.V/c1-14(2,3)21-13(18)17-23(19,20)7-6-11-10-5-4-9(15)8-12(10)22-16-11;10-6-1-2-7-8(3-4-16(11,13)14)12-15-9(7)5-6;9-5-1-2-6-7(4-10)11-12-8(6)3-5;;;/h4-5,8H,6-7H2,1-3H3,(H,17,18);1-2,5H,3-4H2,(H2,11,13,14);1-3H,4,10H2;2*1H;/q;;;;;+2/p-2. The second-order valence-corrected chi connectivity index (χ2v) is 28.5. The molecule has 0 unspecified atom stereocenters. The monoisotopic (exact) mass is 1110 g/mol. The Balaban J connectivity index is 0.000000220. The number of aromatic nitrogens is 3. The van der Waals surface area contributed by atoms with Gasteiger partial charge in [-0.3, -0.25) is 0 Å². The first-order valence-electron chi connectivity index (χ1n) is 15.2. The van der Waals surface area contributed by atoms with Gasteiger partial charge in [-0.1, -0.05) is 50.3 Å². The number of rotatable bonds is 8. The second kappa shape index (κ2) is 21.0. The first-order valence-corrected chi connectivity index (χ1v) is 28.7. The Hall–Kier alpha value is -1.93. The Morgan fingerprint density at radius 2 is 1.13 bits per heavy atom. The number of halogens is 5. The fraction of sp³-hybridized carbons (Fsp3) is 0.290. The van der Waals surface area contributed by atoms with Gasteiger partial charge in [-0.25, -0.2) is 31.5 Å². The van der Waals surface area contributed by atoms with Gasteiger partial charge < -0.3 is 24.0 Å². The molecule has 0 aliphatic carbocycles. The molecule has 3 aromatic carbocycles. The summed E-state index contributed by atoms with van der Waals surface area (Å²) in [5, 5.41) is 20.4. The molecule has 0 bridgehead atoms. The summed E-state index contributed by atoms with van der Waals surface area (Å²) >= 11 is 22.1. The average molecular weight is 1110 g/mol. The van der Waals surface area contributed by atoms with Gasteiger partial charge in [0.05, 0.1) is 22.9 Å². The number of nitrogens with two attached hydrogens (primary N) is 2. The fourth-order valence-corrected chi connectivity index (χ4v) is 6.17. The third-order valence-corrected chi connectivity index (χ3v) is 9.29. The summed E-state index contributed by atoms with van der Waals surface area (Å²) in [6, 6.07) is 15.4. The van der Waals surface area contributed by atoms with E-state index in [1.807, 2.05) is 10.8 Å². The van der Waals surface area contributed by atoms with Crippen molar-refractivity contribution < 1.29 is 49.4 Å². The molecule has 15 nitrogen and oxygen atoms in total. The van der Waals surface area contributed by atoms with Gasteiger partial charge in [-0.2, -0.15) is 0 Å². The van der Waals surface area contributed by atoms with E-state index in [2.05, 4.69) is 55.4 Å². The van der Waals surface area contributed by atoms with E-state index < -0.39 is 31.7 Å². The van der Waals surface area contributed by atoms with Gasteiger partial charge in [0, 0.05) is 68.8 Å². The zero-order chi connectivity index (χ0) is 40.3. The number of carbonyl (C=O) groups is 1. The number of fused-ring (bicyclic) bond motifs is 3. The predicted molar refractivity (Wildman–Crippen MR) is 222 cm³/mol. The van der Waals surface area contributed by atoms with Crippen molar-refractivity contribution in [3.05, 3.63) is 86.7 Å². The molecule has 23 heteroatoms. The van der Waals surface area contributed by atoms with E-state index in [4.69, 9.17) is 64.0 Å². The van der Waals surface area contributed by atoms with Crippen molar-refractivity contribution in [2.45, 2.75) is 45.8 Å². The maximum absolute atomic E-state index is 11.9. The molecule has 0 radical (unpaired) electrons. The molecule has 6 aromatic rings. The van der Waals surface area contributed by atoms with Gasteiger partial charge >= 0.3 is 55.5 Å². The molecule has 293 valence electrons. The number of hydrogen-bond acceptors (Lipinski definition) is 13. The van der Waals surface area contributed by atoms with Crippen LogP contribution in [0.2, 0.25) is 15.1 Å². The van der Waals surface area contributed by atoms with Crippen molar-refractivity contribution in [3.8, 4) is 0 Å². The minimum absolute atomic E-state index is 0.0900. The van der Waals surface area contributed by atoms with Gasteiger partial charge in [0.15, 0.2) is 16.7 Å². The van der Waals surface area contributed by atoms with Gasteiger partial charge in [0.2, 0.25) is 20.0 Å². The third-order valence-electron chi connectivity index (χ3n) is 6.59. The van der Waals surface area contributed by atoms with E-state index in [-0.39, 0.29) is 24.3 Å². The Morgan fingerprint density at radius 1 is 0.759 bits per heavy atom. The topological polar surface area (TPSA) is 237 Å². The zero-order valence-corrected chi connectivity index (χ0v) is 38.2. The van der Waals surface area contributed by atoms with Crippen molar-refractivity contribution in [2.75, 3.05) is 11.5 Å². The van der Waals surface area contributed by atoms with Gasteiger partial charge in [0.25, 0.3) is 0 Å². The summed E-state index contributed by atoms with van der Waals surface area (Å²) in [6.45, 7) is 5.32. The maximum atomic E-state index is 11.9. The molecule has 6 rings (SSSR count). The number of hydrogen-bond donors (Lipinski definition) is 3. The first-order chi connectivity index (χ1) is 25.2. The summed E-state index contributed by atoms with van der Waals surface area (Å²) in [5.74, 6) is -0.478. The van der Waals surface area contributed by atoms with Crippen LogP contribution in [0.5, 0.6) is 0 Å². The Labute approximate surface area is 354 Å². The van der Waals surface area contributed by atoms with Crippen LogP contribution in [0, 0.1) is 0 Å². The number of ether oxygens (including phenoxy) is 1. The summed E-state index contributed by atoms with van der Waals surface area (Å²) in [7, 11) is -6.70. The molecule has 0 fully saturated rings. The number of primary sulfonamides is 1. The first kappa shape index (κ1) is 46.5. The summed E-state index contributed by atoms with van der Waals surface area (Å²) < 4.78 is 67.4. The van der Waals surface area contributed by atoms with E-state index in [0.29, 0.717) is 64.6 Å². The Morgan fingerprint density at radius 3 is 1.50 bits per heavy atom. The number of benzene rings is 3. The molecule has 0 saturated carbocycles. The number of nitrogens with zero attached hydrogens (tertiary/aromatic N) is 3. The van der Waals surface area contributed by atoms with Crippen LogP contribution in [0.4, 0.5) is 4.79 Å². The van der Waals surface area contributed by atoms with Crippen LogP contribution in [-0.4, -0.2) is 55.5 Å². The van der Waals surface area contributed by atoms with E-state index in [1.165, 1.54) is 0 Å². The molecule has 1 amide bonds. The molecule has 0 atom stereocenters. The normalized spacial score (nSPS) is 11.5. The molecule has 0 spiro atoms. The molecular weight excluding hydrogens is 1080 g/mol. The molecule has 54 heavy (non-hydrogen) atoms. The molecule has 5 N–H and O–H groups in total. The minimum atomic E-state index is -3.84. The van der Waals surface area contributed by atoms with Crippen LogP contribution in [0.3, 0.4) is 0 Å². The summed E-state index contributed by atoms with van der Waals surface area (Å²) in [5.41, 5.74) is 8.18. The van der Waals surface area contributed by atoms with Crippen molar-refractivity contribution in [2.24, 2.45) is 10.9 Å². The molecule has 0 saturated heterocycles. The molecular formula is C31H33Cl3I2N6O9S2V. The molecule has 0 aliphatic rings. The fourth-order valence-electron chi connectivity index (χ4n) is 4.35. The van der Waals surface area contributed by atoms with Gasteiger partial charge in [0.1, 0.15) is 11.3 Å². The van der Waals surface area contributed by atoms with Crippen LogP contribution < -0.4 is 15.6 Å². The molecule has 0 aliphatic heterocycles. The van der Waals surface area contributed by atoms with Crippen molar-refractivity contribution in [1.29, 1.82) is 0 Å². The van der Waals surface area contributed by atoms with E-state index in [0.717, 1.165) is 16.5 Å². The van der Waals surface area contributed by atoms with Crippen LogP contribution in [-0.2, 0) is 53.6 Å². The van der Waals surface area contributed by atoms with Crippen LogP contribution in [0.1, 0.15) is 37.9 Å².